The molecule has 1 aromatic heterocycles. The van der Waals surface area contributed by atoms with Crippen LogP contribution in [0.3, 0.4) is 0 Å². The highest BCUT2D eigenvalue weighted by Crippen LogP contribution is 2.29. The van der Waals surface area contributed by atoms with Crippen LogP contribution in [0, 0.1) is 18.3 Å². The van der Waals surface area contributed by atoms with Crippen molar-refractivity contribution in [1.29, 1.82) is 5.26 Å². The third kappa shape index (κ3) is 7.07. The van der Waals surface area contributed by atoms with E-state index in [-0.39, 0.29) is 5.57 Å². The largest absolute Gasteiger partial charge is 0.493 e. The SMILES string of the molecule is CCc1nnc(NC(=O)/C(C#N)=C\c2ccc(OCCSc3ccc(C)cc3)c(OC)c2)s1. The monoisotopic (exact) mass is 480 g/mol. The van der Waals surface area contributed by atoms with Gasteiger partial charge in [-0.05, 0) is 49.2 Å². The molecule has 1 N–H and O–H groups in total. The van der Waals surface area contributed by atoms with Crippen molar-refractivity contribution in [2.75, 3.05) is 24.8 Å². The van der Waals surface area contributed by atoms with Crippen LogP contribution in [0.1, 0.15) is 23.1 Å². The van der Waals surface area contributed by atoms with Gasteiger partial charge in [-0.2, -0.15) is 5.26 Å². The molecule has 7 nitrogen and oxygen atoms in total. The number of aryl methyl sites for hydroxylation is 2. The Hall–Kier alpha value is -3.35. The third-order valence-electron chi connectivity index (χ3n) is 4.48. The predicted octanol–water partition coefficient (Wildman–Crippen LogP) is 5.13. The molecule has 3 aromatic rings. The number of hydrogen-bond acceptors (Lipinski definition) is 8. The number of amides is 1. The Labute approximate surface area is 201 Å². The molecule has 0 spiro atoms. The molecule has 0 radical (unpaired) electrons. The molecule has 0 fully saturated rings. The van der Waals surface area contributed by atoms with Gasteiger partial charge >= 0.3 is 0 Å². The summed E-state index contributed by atoms with van der Waals surface area (Å²) in [5, 5.41) is 21.1. The third-order valence-corrected chi connectivity index (χ3v) is 6.44. The van der Waals surface area contributed by atoms with Crippen molar-refractivity contribution in [3.63, 3.8) is 0 Å². The number of aromatic nitrogens is 2. The first-order chi connectivity index (χ1) is 16.0. The topological polar surface area (TPSA) is 97.1 Å². The second-order valence-electron chi connectivity index (χ2n) is 6.90. The molecule has 170 valence electrons. The van der Waals surface area contributed by atoms with Crippen molar-refractivity contribution in [3.05, 3.63) is 64.2 Å². The average molecular weight is 481 g/mol. The van der Waals surface area contributed by atoms with Crippen LogP contribution in [-0.4, -0.2) is 35.6 Å². The van der Waals surface area contributed by atoms with E-state index in [4.69, 9.17) is 9.47 Å². The first-order valence-electron chi connectivity index (χ1n) is 10.3. The van der Waals surface area contributed by atoms with Crippen LogP contribution >= 0.6 is 23.1 Å². The van der Waals surface area contributed by atoms with Gasteiger partial charge in [0, 0.05) is 10.6 Å². The molecule has 0 saturated heterocycles. The predicted molar refractivity (Wildman–Crippen MR) is 132 cm³/mol. The standard InChI is InChI=1S/C24H24N4O3S2/c1-4-22-27-28-24(33-22)26-23(29)18(15-25)13-17-7-10-20(21(14-17)30-3)31-11-12-32-19-8-5-16(2)6-9-19/h5-10,13-14H,4,11-12H2,1-3H3,(H,26,28,29)/b18-13-. The summed E-state index contributed by atoms with van der Waals surface area (Å²) in [7, 11) is 1.55. The maximum Gasteiger partial charge on any atom is 0.268 e. The number of nitrogens with zero attached hydrogens (tertiary/aromatic N) is 3. The van der Waals surface area contributed by atoms with E-state index < -0.39 is 5.91 Å². The van der Waals surface area contributed by atoms with Crippen LogP contribution in [0.25, 0.3) is 6.08 Å². The van der Waals surface area contributed by atoms with Gasteiger partial charge in [0.05, 0.1) is 13.7 Å². The summed E-state index contributed by atoms with van der Waals surface area (Å²) in [6.45, 7) is 4.53. The number of thioether (sulfide) groups is 1. The van der Waals surface area contributed by atoms with E-state index >= 15 is 0 Å². The average Bonchev–Trinajstić information content (AvgIpc) is 3.29. The smallest absolute Gasteiger partial charge is 0.268 e. The molecule has 3 rings (SSSR count). The molecule has 0 bridgehead atoms. The van der Waals surface area contributed by atoms with Gasteiger partial charge in [-0.15, -0.1) is 22.0 Å². The minimum atomic E-state index is -0.538. The van der Waals surface area contributed by atoms with E-state index in [1.807, 2.05) is 13.0 Å². The molecule has 9 heteroatoms. The van der Waals surface area contributed by atoms with Crippen molar-refractivity contribution in [1.82, 2.24) is 10.2 Å². The van der Waals surface area contributed by atoms with E-state index in [0.717, 1.165) is 17.2 Å². The highest BCUT2D eigenvalue weighted by molar-refractivity contribution is 7.99. The van der Waals surface area contributed by atoms with Crippen LogP contribution in [0.5, 0.6) is 11.5 Å². The number of benzene rings is 2. The fraction of sp³-hybridized carbons (Fsp3) is 0.250. The number of ether oxygens (including phenoxy) is 2. The van der Waals surface area contributed by atoms with Gasteiger partial charge in [0.1, 0.15) is 16.6 Å². The molecule has 0 aliphatic rings. The summed E-state index contributed by atoms with van der Waals surface area (Å²) in [6.07, 6.45) is 2.23. The van der Waals surface area contributed by atoms with Crippen LogP contribution < -0.4 is 14.8 Å². The van der Waals surface area contributed by atoms with Gasteiger partial charge in [0.25, 0.3) is 5.91 Å². The molecule has 0 aliphatic carbocycles. The maximum atomic E-state index is 12.5. The van der Waals surface area contributed by atoms with Gasteiger partial charge in [-0.3, -0.25) is 10.1 Å². The van der Waals surface area contributed by atoms with Crippen molar-refractivity contribution in [2.24, 2.45) is 0 Å². The Kier molecular flexibility index (Phi) is 8.87. The van der Waals surface area contributed by atoms with E-state index in [0.29, 0.717) is 28.8 Å². The van der Waals surface area contributed by atoms with E-state index in [2.05, 4.69) is 46.7 Å². The zero-order chi connectivity index (χ0) is 23.6. The summed E-state index contributed by atoms with van der Waals surface area (Å²) in [5.41, 5.74) is 1.83. The highest BCUT2D eigenvalue weighted by Gasteiger charge is 2.13. The Balaban J connectivity index is 1.61. The van der Waals surface area contributed by atoms with E-state index in [1.54, 1.807) is 37.1 Å². The highest BCUT2D eigenvalue weighted by atomic mass is 32.2. The number of anilines is 1. The second-order valence-corrected chi connectivity index (χ2v) is 9.13. The van der Waals surface area contributed by atoms with Crippen molar-refractivity contribution in [2.45, 2.75) is 25.2 Å². The maximum absolute atomic E-state index is 12.5. The first kappa shape index (κ1) is 24.3. The number of carbonyl (C=O) groups is 1. The van der Waals surface area contributed by atoms with Crippen molar-refractivity contribution >= 4 is 40.2 Å². The van der Waals surface area contributed by atoms with Crippen molar-refractivity contribution in [3.8, 4) is 17.6 Å². The molecule has 2 aromatic carbocycles. The first-order valence-corrected chi connectivity index (χ1v) is 12.1. The molecule has 33 heavy (non-hydrogen) atoms. The fourth-order valence-corrected chi connectivity index (χ4v) is 4.17. The van der Waals surface area contributed by atoms with Crippen LogP contribution in [0.2, 0.25) is 0 Å². The molecule has 0 atom stereocenters. The second kappa shape index (κ2) is 12.0. The normalized spacial score (nSPS) is 11.0. The lowest BCUT2D eigenvalue weighted by atomic mass is 10.1. The zero-order valence-corrected chi connectivity index (χ0v) is 20.3. The molecular formula is C24H24N4O3S2. The number of nitrogens with one attached hydrogen (secondary N) is 1. The number of methoxy groups -OCH3 is 1. The lowest BCUT2D eigenvalue weighted by molar-refractivity contribution is -0.112. The van der Waals surface area contributed by atoms with Gasteiger partial charge in [0.15, 0.2) is 11.5 Å². The summed E-state index contributed by atoms with van der Waals surface area (Å²) in [6, 6.07) is 15.6. The lowest BCUT2D eigenvalue weighted by Crippen LogP contribution is -2.13. The van der Waals surface area contributed by atoms with Gasteiger partial charge in [-0.25, -0.2) is 0 Å². The van der Waals surface area contributed by atoms with Gasteiger partial charge in [0.2, 0.25) is 5.13 Å². The Morgan fingerprint density at radius 1 is 1.21 bits per heavy atom. The minimum Gasteiger partial charge on any atom is -0.493 e. The zero-order valence-electron chi connectivity index (χ0n) is 18.6. The molecule has 0 saturated carbocycles. The molecule has 0 unspecified atom stereocenters. The Morgan fingerprint density at radius 2 is 2.00 bits per heavy atom. The summed E-state index contributed by atoms with van der Waals surface area (Å²) in [5.74, 6) is 1.38. The quantitative estimate of drug-likeness (QED) is 0.186. The fourth-order valence-electron chi connectivity index (χ4n) is 2.77. The number of rotatable bonds is 10. The number of nitriles is 1. The number of hydrogen-bond donors (Lipinski definition) is 1. The van der Waals surface area contributed by atoms with Gasteiger partial charge in [-0.1, -0.05) is 42.0 Å². The molecular weight excluding hydrogens is 456 g/mol. The van der Waals surface area contributed by atoms with E-state index in [9.17, 15) is 10.1 Å². The van der Waals surface area contributed by atoms with E-state index in [1.165, 1.54) is 27.9 Å². The molecule has 1 heterocycles. The summed E-state index contributed by atoms with van der Waals surface area (Å²) >= 11 is 3.00. The summed E-state index contributed by atoms with van der Waals surface area (Å²) in [4.78, 5) is 13.6. The van der Waals surface area contributed by atoms with Crippen LogP contribution in [0.4, 0.5) is 5.13 Å². The number of carbonyl (C=O) groups excluding carboxylic acids is 1. The van der Waals surface area contributed by atoms with Crippen molar-refractivity contribution < 1.29 is 14.3 Å². The molecule has 1 amide bonds. The van der Waals surface area contributed by atoms with Crippen LogP contribution in [0.15, 0.2) is 52.9 Å². The van der Waals surface area contributed by atoms with Crippen LogP contribution in [-0.2, 0) is 11.2 Å². The van der Waals surface area contributed by atoms with Gasteiger partial charge < -0.3 is 9.47 Å². The Bertz CT molecular complexity index is 1170. The summed E-state index contributed by atoms with van der Waals surface area (Å²) < 4.78 is 11.3. The molecule has 0 aliphatic heterocycles. The minimum absolute atomic E-state index is 0.0477. The Morgan fingerprint density at radius 3 is 2.67 bits per heavy atom. The lowest BCUT2D eigenvalue weighted by Gasteiger charge is -2.11.